The van der Waals surface area contributed by atoms with E-state index in [-0.39, 0.29) is 38.7 Å². The molecule has 0 saturated heterocycles. The quantitative estimate of drug-likeness (QED) is 0.312. The number of nitrogens with zero attached hydrogens (tertiary/aromatic N) is 2. The van der Waals surface area contributed by atoms with Crippen molar-refractivity contribution in [1.29, 1.82) is 0 Å². The molecule has 4 rings (SSSR count). The maximum atomic E-state index is 13.5. The van der Waals surface area contributed by atoms with Crippen LogP contribution >= 0.6 is 34.5 Å². The molecule has 0 radical (unpaired) electrons. The number of nitrogens with one attached hydrogen (secondary N) is 1. The summed E-state index contributed by atoms with van der Waals surface area (Å²) < 4.78 is 11.7. The zero-order chi connectivity index (χ0) is 25.1. The number of hydrogen-bond donors (Lipinski definition) is 1. The maximum absolute atomic E-state index is 13.5. The predicted molar refractivity (Wildman–Crippen MR) is 137 cm³/mol. The monoisotopic (exact) mass is 531 g/mol. The van der Waals surface area contributed by atoms with Crippen LogP contribution in [-0.4, -0.2) is 34.9 Å². The third-order valence-electron chi connectivity index (χ3n) is 4.91. The molecule has 0 atom stereocenters. The lowest BCUT2D eigenvalue weighted by molar-refractivity contribution is 0.0520. The summed E-state index contributed by atoms with van der Waals surface area (Å²) in [5.74, 6) is -0.619. The summed E-state index contributed by atoms with van der Waals surface area (Å²) in [6.45, 7) is 4.16. The van der Waals surface area contributed by atoms with E-state index in [4.69, 9.17) is 32.7 Å². The minimum Gasteiger partial charge on any atom is -0.494 e. The summed E-state index contributed by atoms with van der Waals surface area (Å²) in [5, 5.41) is 9.74. The summed E-state index contributed by atoms with van der Waals surface area (Å²) in [5.41, 5.74) is -0.0155. The summed E-state index contributed by atoms with van der Waals surface area (Å²) in [7, 11) is 0. The molecule has 0 fully saturated rings. The number of esters is 1. The van der Waals surface area contributed by atoms with Crippen LogP contribution in [0.1, 0.15) is 34.7 Å². The van der Waals surface area contributed by atoms with Gasteiger partial charge in [-0.05, 0) is 56.3 Å². The number of amides is 1. The fourth-order valence-corrected chi connectivity index (χ4v) is 4.67. The molecule has 0 aliphatic rings. The molecule has 4 aromatic rings. The zero-order valence-electron chi connectivity index (χ0n) is 18.6. The Balaban J connectivity index is 1.86. The van der Waals surface area contributed by atoms with Gasteiger partial charge in [0.05, 0.1) is 34.9 Å². The molecule has 0 aliphatic carbocycles. The zero-order valence-corrected chi connectivity index (χ0v) is 21.0. The van der Waals surface area contributed by atoms with E-state index < -0.39 is 17.4 Å². The van der Waals surface area contributed by atoms with Gasteiger partial charge in [-0.1, -0.05) is 23.2 Å². The molecule has 0 aliphatic heterocycles. The second-order valence-electron chi connectivity index (χ2n) is 7.14. The second kappa shape index (κ2) is 10.5. The van der Waals surface area contributed by atoms with E-state index >= 15 is 0 Å². The highest BCUT2D eigenvalue weighted by atomic mass is 35.5. The number of ether oxygens (including phenoxy) is 2. The average molecular weight is 532 g/mol. The van der Waals surface area contributed by atoms with Crippen LogP contribution in [0.25, 0.3) is 16.5 Å². The van der Waals surface area contributed by atoms with Gasteiger partial charge < -0.3 is 14.8 Å². The average Bonchev–Trinajstić information content (AvgIpc) is 3.26. The Hall–Kier alpha value is -3.40. The minimum atomic E-state index is -0.689. The Morgan fingerprint density at radius 3 is 2.51 bits per heavy atom. The Kier molecular flexibility index (Phi) is 7.39. The Morgan fingerprint density at radius 2 is 1.83 bits per heavy atom. The van der Waals surface area contributed by atoms with Crippen molar-refractivity contribution in [1.82, 2.24) is 9.78 Å². The molecule has 35 heavy (non-hydrogen) atoms. The molecule has 0 saturated carbocycles. The van der Waals surface area contributed by atoms with E-state index in [1.807, 2.05) is 6.92 Å². The van der Waals surface area contributed by atoms with E-state index in [0.29, 0.717) is 23.1 Å². The van der Waals surface area contributed by atoms with Gasteiger partial charge in [0.2, 0.25) is 0 Å². The molecule has 180 valence electrons. The van der Waals surface area contributed by atoms with E-state index in [2.05, 4.69) is 10.4 Å². The first-order chi connectivity index (χ1) is 16.8. The van der Waals surface area contributed by atoms with Crippen molar-refractivity contribution in [3.8, 4) is 11.4 Å². The normalized spacial score (nSPS) is 10.9. The summed E-state index contributed by atoms with van der Waals surface area (Å²) in [6.07, 6.45) is 0. The number of thiophene rings is 1. The fraction of sp³-hybridized carbons (Fsp3) is 0.167. The number of carbonyl (C=O) groups excluding carboxylic acids is 2. The largest absolute Gasteiger partial charge is 0.494 e. The lowest BCUT2D eigenvalue weighted by Gasteiger charge is -2.11. The van der Waals surface area contributed by atoms with Crippen molar-refractivity contribution in [2.75, 3.05) is 18.5 Å². The topological polar surface area (TPSA) is 99.5 Å². The molecule has 0 bridgehead atoms. The molecular weight excluding hydrogens is 513 g/mol. The molecule has 11 heteroatoms. The van der Waals surface area contributed by atoms with E-state index in [1.165, 1.54) is 12.1 Å². The van der Waals surface area contributed by atoms with Crippen LogP contribution in [0.2, 0.25) is 10.0 Å². The van der Waals surface area contributed by atoms with Crippen LogP contribution in [0.15, 0.2) is 52.6 Å². The third-order valence-corrected chi connectivity index (χ3v) is 6.37. The first kappa shape index (κ1) is 24.7. The van der Waals surface area contributed by atoms with Gasteiger partial charge in [-0.3, -0.25) is 9.59 Å². The van der Waals surface area contributed by atoms with E-state index in [1.54, 1.807) is 42.6 Å². The van der Waals surface area contributed by atoms with Gasteiger partial charge in [0.25, 0.3) is 11.5 Å². The van der Waals surface area contributed by atoms with Crippen LogP contribution in [0, 0.1) is 0 Å². The number of anilines is 1. The van der Waals surface area contributed by atoms with Crippen molar-refractivity contribution in [3.05, 3.63) is 79.5 Å². The Morgan fingerprint density at radius 1 is 1.09 bits per heavy atom. The minimum absolute atomic E-state index is 0.0483. The van der Waals surface area contributed by atoms with Crippen molar-refractivity contribution in [2.45, 2.75) is 13.8 Å². The van der Waals surface area contributed by atoms with Crippen LogP contribution in [-0.2, 0) is 4.74 Å². The molecule has 2 aromatic heterocycles. The fourth-order valence-electron chi connectivity index (χ4n) is 3.36. The molecular formula is C24H19Cl2N3O5S. The Labute approximate surface area is 214 Å². The number of hydrogen-bond acceptors (Lipinski definition) is 7. The van der Waals surface area contributed by atoms with Crippen molar-refractivity contribution >= 4 is 62.2 Å². The Bertz CT molecular complexity index is 1480. The highest BCUT2D eigenvalue weighted by Crippen LogP contribution is 2.32. The third kappa shape index (κ3) is 5.02. The predicted octanol–water partition coefficient (Wildman–Crippen LogP) is 5.58. The lowest BCUT2D eigenvalue weighted by Crippen LogP contribution is -2.25. The van der Waals surface area contributed by atoms with Crippen LogP contribution < -0.4 is 15.6 Å². The highest BCUT2D eigenvalue weighted by Gasteiger charge is 2.24. The molecule has 0 spiro atoms. The molecule has 2 heterocycles. The number of fused-ring (bicyclic) bond motifs is 1. The second-order valence-corrected chi connectivity index (χ2v) is 8.87. The van der Waals surface area contributed by atoms with Gasteiger partial charge in [-0.15, -0.1) is 11.3 Å². The van der Waals surface area contributed by atoms with Gasteiger partial charge in [0.15, 0.2) is 5.69 Å². The number of benzene rings is 2. The first-order valence-corrected chi connectivity index (χ1v) is 12.2. The number of rotatable bonds is 7. The van der Waals surface area contributed by atoms with Crippen LogP contribution in [0.5, 0.6) is 5.75 Å². The smallest absolute Gasteiger partial charge is 0.359 e. The van der Waals surface area contributed by atoms with Crippen LogP contribution in [0.4, 0.5) is 5.00 Å². The number of carbonyl (C=O) groups is 2. The molecule has 0 unspecified atom stereocenters. The van der Waals surface area contributed by atoms with Crippen molar-refractivity contribution in [3.63, 3.8) is 0 Å². The van der Waals surface area contributed by atoms with Gasteiger partial charge in [0.1, 0.15) is 10.8 Å². The van der Waals surface area contributed by atoms with Gasteiger partial charge >= 0.3 is 5.97 Å². The molecule has 2 aromatic carbocycles. The first-order valence-electron chi connectivity index (χ1n) is 10.5. The van der Waals surface area contributed by atoms with Crippen molar-refractivity contribution < 1.29 is 19.1 Å². The number of aromatic nitrogens is 2. The molecule has 1 amide bonds. The highest BCUT2D eigenvalue weighted by molar-refractivity contribution is 7.16. The molecule has 8 nitrogen and oxygen atoms in total. The lowest BCUT2D eigenvalue weighted by atomic mass is 10.2. The maximum Gasteiger partial charge on any atom is 0.359 e. The van der Waals surface area contributed by atoms with Crippen molar-refractivity contribution in [2.24, 2.45) is 0 Å². The SMILES string of the molecule is CCOC(=O)c1nn(-c2ccc(OCC)cc2)c(=O)c2c(NC(=O)c3cc(Cl)ccc3Cl)scc12. The summed E-state index contributed by atoms with van der Waals surface area (Å²) in [6, 6.07) is 11.2. The molecule has 1 N–H and O–H groups in total. The standard InChI is InChI=1S/C24H19Cl2N3O5S/c1-3-33-15-8-6-14(7-9-15)29-23(31)19-17(20(28-29)24(32)34-4-2)12-35-22(19)27-21(30)16-11-13(25)5-10-18(16)26/h5-12H,3-4H2,1-2H3,(H,27,30). The van der Waals surface area contributed by atoms with Gasteiger partial charge in [-0.25, -0.2) is 4.79 Å². The van der Waals surface area contributed by atoms with Gasteiger partial charge in [-0.2, -0.15) is 9.78 Å². The number of halogens is 2. The summed E-state index contributed by atoms with van der Waals surface area (Å²) in [4.78, 5) is 39.1. The van der Waals surface area contributed by atoms with Gasteiger partial charge in [0, 0.05) is 15.8 Å². The summed E-state index contributed by atoms with van der Waals surface area (Å²) >= 11 is 13.3. The van der Waals surface area contributed by atoms with E-state index in [9.17, 15) is 14.4 Å². The van der Waals surface area contributed by atoms with E-state index in [0.717, 1.165) is 16.0 Å². The van der Waals surface area contributed by atoms with Crippen LogP contribution in [0.3, 0.4) is 0 Å².